The van der Waals surface area contributed by atoms with Crippen molar-refractivity contribution in [2.45, 2.75) is 19.0 Å². The van der Waals surface area contributed by atoms with E-state index in [1.807, 2.05) is 31.3 Å². The van der Waals surface area contributed by atoms with Gasteiger partial charge in [-0.05, 0) is 28.8 Å². The van der Waals surface area contributed by atoms with Crippen LogP contribution in [0.3, 0.4) is 0 Å². The summed E-state index contributed by atoms with van der Waals surface area (Å²) in [5.41, 5.74) is 1.41. The molecule has 1 aromatic heterocycles. The lowest BCUT2D eigenvalue weighted by molar-refractivity contribution is 0.327. The van der Waals surface area contributed by atoms with E-state index in [2.05, 4.69) is 69.3 Å². The van der Waals surface area contributed by atoms with Crippen molar-refractivity contribution >= 4 is 22.5 Å². The van der Waals surface area contributed by atoms with Crippen LogP contribution in [0.15, 0.2) is 54.7 Å². The van der Waals surface area contributed by atoms with Crippen molar-refractivity contribution in [1.29, 1.82) is 0 Å². The predicted molar refractivity (Wildman–Crippen MR) is 112 cm³/mol. The minimum atomic E-state index is 0.477. The summed E-state index contributed by atoms with van der Waals surface area (Å²) in [5.74, 6) is 1.75. The maximum atomic E-state index is 4.69. The molecule has 0 saturated carbocycles. The molecule has 0 bridgehead atoms. The quantitative estimate of drug-likeness (QED) is 0.696. The van der Waals surface area contributed by atoms with Gasteiger partial charge in [-0.3, -0.25) is 4.90 Å². The summed E-state index contributed by atoms with van der Waals surface area (Å²) in [6.45, 7) is 3.17. The van der Waals surface area contributed by atoms with Crippen molar-refractivity contribution in [2.75, 3.05) is 44.0 Å². The van der Waals surface area contributed by atoms with Crippen molar-refractivity contribution in [2.24, 2.45) is 0 Å². The fourth-order valence-electron chi connectivity index (χ4n) is 3.88. The zero-order valence-electron chi connectivity index (χ0n) is 16.3. The molecule has 140 valence electrons. The van der Waals surface area contributed by atoms with Crippen molar-refractivity contribution in [3.8, 4) is 0 Å². The second-order valence-corrected chi connectivity index (χ2v) is 7.54. The number of hydrogen-bond donors (Lipinski definition) is 0. The highest BCUT2D eigenvalue weighted by molar-refractivity contribution is 5.85. The minimum Gasteiger partial charge on any atom is -0.355 e. The van der Waals surface area contributed by atoms with Crippen LogP contribution in [-0.4, -0.2) is 55.1 Å². The first kappa shape index (κ1) is 17.7. The van der Waals surface area contributed by atoms with E-state index in [0.717, 1.165) is 37.8 Å². The summed E-state index contributed by atoms with van der Waals surface area (Å²) in [4.78, 5) is 15.8. The smallest absolute Gasteiger partial charge is 0.226 e. The van der Waals surface area contributed by atoms with E-state index in [9.17, 15) is 0 Å². The number of nitrogens with zero attached hydrogens (tertiary/aromatic N) is 5. The van der Waals surface area contributed by atoms with Crippen LogP contribution in [0.2, 0.25) is 0 Å². The zero-order valence-corrected chi connectivity index (χ0v) is 16.3. The van der Waals surface area contributed by atoms with Crippen molar-refractivity contribution in [3.63, 3.8) is 0 Å². The van der Waals surface area contributed by atoms with Crippen LogP contribution in [0.4, 0.5) is 11.8 Å². The highest BCUT2D eigenvalue weighted by atomic mass is 15.3. The number of hydrogen-bond acceptors (Lipinski definition) is 5. The molecule has 2 heterocycles. The number of fused-ring (bicyclic) bond motifs is 1. The Kier molecular flexibility index (Phi) is 4.94. The summed E-state index contributed by atoms with van der Waals surface area (Å²) in [6, 6.07) is 17.8. The van der Waals surface area contributed by atoms with Gasteiger partial charge in [-0.2, -0.15) is 4.98 Å². The molecule has 1 saturated heterocycles. The van der Waals surface area contributed by atoms with Gasteiger partial charge >= 0.3 is 0 Å². The Labute approximate surface area is 161 Å². The van der Waals surface area contributed by atoms with Crippen molar-refractivity contribution in [3.05, 3.63) is 60.3 Å². The largest absolute Gasteiger partial charge is 0.355 e. The zero-order chi connectivity index (χ0) is 18.8. The van der Waals surface area contributed by atoms with Crippen molar-refractivity contribution in [1.82, 2.24) is 14.9 Å². The average molecular weight is 361 g/mol. The molecular formula is C22H27N5. The minimum absolute atomic E-state index is 0.477. The third kappa shape index (κ3) is 3.74. The van der Waals surface area contributed by atoms with Gasteiger partial charge in [0.1, 0.15) is 5.82 Å². The molecule has 1 aliphatic rings. The average Bonchev–Trinajstić information content (AvgIpc) is 3.16. The van der Waals surface area contributed by atoms with Crippen molar-refractivity contribution < 1.29 is 0 Å². The molecular weight excluding hydrogens is 334 g/mol. The monoisotopic (exact) mass is 361 g/mol. The van der Waals surface area contributed by atoms with E-state index in [1.54, 1.807) is 0 Å². The molecule has 5 heteroatoms. The van der Waals surface area contributed by atoms with E-state index >= 15 is 0 Å². The predicted octanol–water partition coefficient (Wildman–Crippen LogP) is 3.41. The molecule has 3 aromatic rings. The van der Waals surface area contributed by atoms with Gasteiger partial charge in [0.25, 0.3) is 0 Å². The molecule has 27 heavy (non-hydrogen) atoms. The lowest BCUT2D eigenvalue weighted by Crippen LogP contribution is -2.35. The number of benzene rings is 2. The SMILES string of the molecule is CN(C)c1nccc(N(C)C2CCN(Cc3cccc4ccccc34)C2)n1. The second-order valence-electron chi connectivity index (χ2n) is 7.54. The third-order valence-electron chi connectivity index (χ3n) is 5.46. The summed E-state index contributed by atoms with van der Waals surface area (Å²) in [5, 5.41) is 2.68. The molecule has 4 rings (SSSR count). The second kappa shape index (κ2) is 7.53. The first-order valence-electron chi connectivity index (χ1n) is 9.54. The van der Waals surface area contributed by atoms with E-state index in [4.69, 9.17) is 0 Å². The molecule has 5 nitrogen and oxygen atoms in total. The highest BCUT2D eigenvalue weighted by Crippen LogP contribution is 2.25. The Bertz CT molecular complexity index is 918. The summed E-state index contributed by atoms with van der Waals surface area (Å²) in [6.07, 6.45) is 3.00. The van der Waals surface area contributed by atoms with Crippen LogP contribution in [0.25, 0.3) is 10.8 Å². The summed E-state index contributed by atoms with van der Waals surface area (Å²) >= 11 is 0. The van der Waals surface area contributed by atoms with Crippen LogP contribution in [0.5, 0.6) is 0 Å². The van der Waals surface area contributed by atoms with E-state index in [-0.39, 0.29) is 0 Å². The normalized spacial score (nSPS) is 17.4. The first-order chi connectivity index (χ1) is 13.1. The molecule has 0 aliphatic carbocycles. The van der Waals surface area contributed by atoms with Crippen LogP contribution < -0.4 is 9.80 Å². The molecule has 0 N–H and O–H groups in total. The third-order valence-corrected chi connectivity index (χ3v) is 5.46. The summed E-state index contributed by atoms with van der Waals surface area (Å²) < 4.78 is 0. The maximum absolute atomic E-state index is 4.69. The van der Waals surface area contributed by atoms with Gasteiger partial charge in [0.05, 0.1) is 0 Å². The Hall–Kier alpha value is -2.66. The Morgan fingerprint density at radius 1 is 1.04 bits per heavy atom. The topological polar surface area (TPSA) is 35.5 Å². The van der Waals surface area contributed by atoms with Crippen LogP contribution in [-0.2, 0) is 6.54 Å². The molecule has 1 fully saturated rings. The van der Waals surface area contributed by atoms with Crippen LogP contribution in [0, 0.1) is 0 Å². The molecule has 1 aliphatic heterocycles. The standard InChI is InChI=1S/C22H27N5/c1-25(2)22-23-13-11-21(24-22)26(3)19-12-14-27(16-19)15-18-9-6-8-17-7-4-5-10-20(17)18/h4-11,13,19H,12,14-16H2,1-3H3. The fraction of sp³-hybridized carbons (Fsp3) is 0.364. The first-order valence-corrected chi connectivity index (χ1v) is 9.54. The Morgan fingerprint density at radius 2 is 1.85 bits per heavy atom. The number of anilines is 2. The van der Waals surface area contributed by atoms with Gasteiger partial charge in [0, 0.05) is 53.0 Å². The van der Waals surface area contributed by atoms with E-state index in [1.165, 1.54) is 16.3 Å². The molecule has 1 atom stereocenters. The molecule has 0 radical (unpaired) electrons. The summed E-state index contributed by atoms with van der Waals surface area (Å²) in [7, 11) is 6.09. The fourth-order valence-corrected chi connectivity index (χ4v) is 3.88. The molecule has 0 amide bonds. The highest BCUT2D eigenvalue weighted by Gasteiger charge is 2.27. The van der Waals surface area contributed by atoms with Crippen LogP contribution >= 0.6 is 0 Å². The molecule has 1 unspecified atom stereocenters. The Balaban J connectivity index is 1.46. The lowest BCUT2D eigenvalue weighted by Gasteiger charge is -2.26. The number of likely N-dealkylation sites (tertiary alicyclic amines) is 1. The van der Waals surface area contributed by atoms with Gasteiger partial charge in [-0.1, -0.05) is 42.5 Å². The van der Waals surface area contributed by atoms with E-state index < -0.39 is 0 Å². The van der Waals surface area contributed by atoms with Gasteiger partial charge in [-0.25, -0.2) is 4.98 Å². The number of rotatable bonds is 5. The number of aromatic nitrogens is 2. The Morgan fingerprint density at radius 3 is 2.70 bits per heavy atom. The van der Waals surface area contributed by atoms with E-state index in [0.29, 0.717) is 6.04 Å². The van der Waals surface area contributed by atoms with Gasteiger partial charge in [-0.15, -0.1) is 0 Å². The van der Waals surface area contributed by atoms with Crippen LogP contribution in [0.1, 0.15) is 12.0 Å². The molecule has 0 spiro atoms. The molecule has 2 aromatic carbocycles. The number of likely N-dealkylation sites (N-methyl/N-ethyl adjacent to an activating group) is 1. The van der Waals surface area contributed by atoms with Gasteiger partial charge in [0.15, 0.2) is 0 Å². The lowest BCUT2D eigenvalue weighted by atomic mass is 10.0. The van der Waals surface area contributed by atoms with Gasteiger partial charge < -0.3 is 9.80 Å². The van der Waals surface area contributed by atoms with Gasteiger partial charge in [0.2, 0.25) is 5.95 Å². The maximum Gasteiger partial charge on any atom is 0.226 e.